The van der Waals surface area contributed by atoms with Gasteiger partial charge in [-0.05, 0) is 36.8 Å². The fraction of sp³-hybridized carbons (Fsp3) is 0.235. The molecule has 2 aromatic carbocycles. The number of amides is 1. The van der Waals surface area contributed by atoms with Crippen LogP contribution in [-0.2, 0) is 16.7 Å². The maximum absolute atomic E-state index is 12.9. The summed E-state index contributed by atoms with van der Waals surface area (Å²) in [5.41, 5.74) is -0.0304. The number of alkyl halides is 3. The fourth-order valence-electron chi connectivity index (χ4n) is 2.00. The summed E-state index contributed by atoms with van der Waals surface area (Å²) in [4.78, 5) is 12.2. The first-order valence-corrected chi connectivity index (χ1v) is 8.94. The van der Waals surface area contributed by atoms with Gasteiger partial charge in [0.25, 0.3) is 0 Å². The van der Waals surface area contributed by atoms with Crippen LogP contribution in [0.4, 0.5) is 18.9 Å². The van der Waals surface area contributed by atoms with Crippen LogP contribution in [0, 0.1) is 0 Å². The lowest BCUT2D eigenvalue weighted by Crippen LogP contribution is -2.24. The van der Waals surface area contributed by atoms with E-state index in [0.29, 0.717) is 5.75 Å². The Morgan fingerprint density at radius 2 is 1.92 bits per heavy atom. The maximum atomic E-state index is 12.9. The van der Waals surface area contributed by atoms with Crippen molar-refractivity contribution in [2.45, 2.75) is 24.1 Å². The average Bonchev–Trinajstić information content (AvgIpc) is 2.52. The Bertz CT molecular complexity index is 721. The van der Waals surface area contributed by atoms with E-state index in [4.69, 9.17) is 0 Å². The zero-order chi connectivity index (χ0) is 17.7. The summed E-state index contributed by atoms with van der Waals surface area (Å²) in [6.45, 7) is 1.67. The number of carbonyl (C=O) groups excluding carboxylic acids is 1. The third-order valence-electron chi connectivity index (χ3n) is 3.25. The van der Waals surface area contributed by atoms with Crippen LogP contribution in [0.25, 0.3) is 0 Å². The van der Waals surface area contributed by atoms with Crippen molar-refractivity contribution < 1.29 is 18.0 Å². The Balaban J connectivity index is 2.00. The van der Waals surface area contributed by atoms with Crippen LogP contribution in [0.5, 0.6) is 0 Å². The minimum Gasteiger partial charge on any atom is -0.325 e. The second-order valence-electron chi connectivity index (χ2n) is 5.12. The van der Waals surface area contributed by atoms with Crippen LogP contribution < -0.4 is 5.32 Å². The number of rotatable bonds is 5. The Hall–Kier alpha value is -1.47. The second-order valence-corrected chi connectivity index (χ2v) is 7.36. The minimum atomic E-state index is -4.50. The van der Waals surface area contributed by atoms with Crippen LogP contribution in [0.15, 0.2) is 53.0 Å². The maximum Gasteiger partial charge on any atom is 0.418 e. The monoisotopic (exact) mass is 417 g/mol. The van der Waals surface area contributed by atoms with E-state index in [1.807, 2.05) is 24.3 Å². The number of para-hydroxylation sites is 1. The molecular formula is C17H15BrF3NOS. The molecule has 2 rings (SSSR count). The molecular weight excluding hydrogens is 403 g/mol. The van der Waals surface area contributed by atoms with Gasteiger partial charge in [0.1, 0.15) is 0 Å². The Labute approximate surface area is 151 Å². The molecule has 0 aromatic heterocycles. The van der Waals surface area contributed by atoms with Crippen molar-refractivity contribution >= 4 is 39.3 Å². The predicted octanol–water partition coefficient (Wildman–Crippen LogP) is 5.73. The molecule has 1 N–H and O–H groups in total. The summed E-state index contributed by atoms with van der Waals surface area (Å²) in [6, 6.07) is 12.6. The van der Waals surface area contributed by atoms with Crippen LogP contribution in [0.2, 0.25) is 0 Å². The van der Waals surface area contributed by atoms with Crippen molar-refractivity contribution in [3.05, 3.63) is 64.1 Å². The SMILES string of the molecule is CC(SCc1cccc(Br)c1)C(=O)Nc1ccccc1C(F)(F)F. The standard InChI is InChI=1S/C17H15BrF3NOS/c1-11(24-10-12-5-4-6-13(18)9-12)16(23)22-15-8-3-2-7-14(15)17(19,20)21/h2-9,11H,10H2,1H3,(H,22,23). The predicted molar refractivity (Wildman–Crippen MR) is 95.0 cm³/mol. The number of halogens is 4. The quantitative estimate of drug-likeness (QED) is 0.672. The molecule has 7 heteroatoms. The molecule has 2 nitrogen and oxygen atoms in total. The first kappa shape index (κ1) is 18.9. The van der Waals surface area contributed by atoms with Crippen LogP contribution in [-0.4, -0.2) is 11.2 Å². The molecule has 1 atom stereocenters. The molecule has 2 aromatic rings. The van der Waals surface area contributed by atoms with Gasteiger partial charge in [0.15, 0.2) is 0 Å². The van der Waals surface area contributed by atoms with E-state index < -0.39 is 22.9 Å². The summed E-state index contributed by atoms with van der Waals surface area (Å²) in [7, 11) is 0. The van der Waals surface area contributed by atoms with Gasteiger partial charge in [-0.2, -0.15) is 13.2 Å². The lowest BCUT2D eigenvalue weighted by Gasteiger charge is -2.16. The molecule has 0 saturated heterocycles. The molecule has 0 saturated carbocycles. The van der Waals surface area contributed by atoms with Crippen molar-refractivity contribution in [3.63, 3.8) is 0 Å². The van der Waals surface area contributed by atoms with Gasteiger partial charge in [0, 0.05) is 10.2 Å². The van der Waals surface area contributed by atoms with Gasteiger partial charge in [0.2, 0.25) is 5.91 Å². The van der Waals surface area contributed by atoms with Crippen molar-refractivity contribution in [1.82, 2.24) is 0 Å². The van der Waals surface area contributed by atoms with E-state index in [2.05, 4.69) is 21.2 Å². The second kappa shape index (κ2) is 8.07. The molecule has 0 aliphatic carbocycles. The Morgan fingerprint density at radius 3 is 2.58 bits per heavy atom. The third-order valence-corrected chi connectivity index (χ3v) is 4.96. The number of hydrogen-bond donors (Lipinski definition) is 1. The van der Waals surface area contributed by atoms with Gasteiger partial charge in [-0.15, -0.1) is 11.8 Å². The smallest absolute Gasteiger partial charge is 0.325 e. The van der Waals surface area contributed by atoms with Crippen molar-refractivity contribution in [2.24, 2.45) is 0 Å². The minimum absolute atomic E-state index is 0.218. The van der Waals surface area contributed by atoms with E-state index in [-0.39, 0.29) is 5.69 Å². The van der Waals surface area contributed by atoms with Crippen LogP contribution in [0.3, 0.4) is 0 Å². The molecule has 0 heterocycles. The summed E-state index contributed by atoms with van der Waals surface area (Å²) in [6.07, 6.45) is -4.50. The number of thioether (sulfide) groups is 1. The molecule has 0 spiro atoms. The molecule has 1 amide bonds. The molecule has 1 unspecified atom stereocenters. The molecule has 0 aliphatic rings. The van der Waals surface area contributed by atoms with Crippen molar-refractivity contribution in [3.8, 4) is 0 Å². The Kier molecular flexibility index (Phi) is 6.34. The van der Waals surface area contributed by atoms with Crippen LogP contribution in [0.1, 0.15) is 18.1 Å². The molecule has 0 fully saturated rings. The molecule has 0 radical (unpaired) electrons. The lowest BCUT2D eigenvalue weighted by atomic mass is 10.1. The first-order valence-electron chi connectivity index (χ1n) is 7.10. The fourth-order valence-corrected chi connectivity index (χ4v) is 3.28. The third kappa shape index (κ3) is 5.27. The molecule has 0 aliphatic heterocycles. The largest absolute Gasteiger partial charge is 0.418 e. The number of anilines is 1. The molecule has 24 heavy (non-hydrogen) atoms. The lowest BCUT2D eigenvalue weighted by molar-refractivity contribution is -0.137. The van der Waals surface area contributed by atoms with Gasteiger partial charge in [-0.25, -0.2) is 0 Å². The summed E-state index contributed by atoms with van der Waals surface area (Å²) >= 11 is 4.74. The highest BCUT2D eigenvalue weighted by Gasteiger charge is 2.33. The highest BCUT2D eigenvalue weighted by Crippen LogP contribution is 2.34. The average molecular weight is 418 g/mol. The van der Waals surface area contributed by atoms with E-state index >= 15 is 0 Å². The number of carbonyl (C=O) groups is 1. The highest BCUT2D eigenvalue weighted by molar-refractivity contribution is 9.10. The summed E-state index contributed by atoms with van der Waals surface area (Å²) in [5, 5.41) is 1.89. The molecule has 0 bridgehead atoms. The topological polar surface area (TPSA) is 29.1 Å². The summed E-state index contributed by atoms with van der Waals surface area (Å²) in [5.74, 6) is 0.140. The number of benzene rings is 2. The molecule has 128 valence electrons. The normalized spacial score (nSPS) is 12.7. The van der Waals surface area contributed by atoms with Gasteiger partial charge in [-0.3, -0.25) is 4.79 Å². The Morgan fingerprint density at radius 1 is 1.21 bits per heavy atom. The van der Waals surface area contributed by atoms with E-state index in [1.165, 1.54) is 30.0 Å². The zero-order valence-corrected chi connectivity index (χ0v) is 15.1. The first-order chi connectivity index (χ1) is 11.3. The zero-order valence-electron chi connectivity index (χ0n) is 12.7. The highest BCUT2D eigenvalue weighted by atomic mass is 79.9. The van der Waals surface area contributed by atoms with Crippen molar-refractivity contribution in [1.29, 1.82) is 0 Å². The van der Waals surface area contributed by atoms with Crippen LogP contribution >= 0.6 is 27.7 Å². The van der Waals surface area contributed by atoms with E-state index in [9.17, 15) is 18.0 Å². The van der Waals surface area contributed by atoms with Gasteiger partial charge in [-0.1, -0.05) is 40.2 Å². The van der Waals surface area contributed by atoms with E-state index in [1.54, 1.807) is 6.92 Å². The van der Waals surface area contributed by atoms with Crippen molar-refractivity contribution in [2.75, 3.05) is 5.32 Å². The number of hydrogen-bond acceptors (Lipinski definition) is 2. The van der Waals surface area contributed by atoms with Gasteiger partial charge >= 0.3 is 6.18 Å². The summed E-state index contributed by atoms with van der Waals surface area (Å²) < 4.78 is 39.8. The number of nitrogens with one attached hydrogen (secondary N) is 1. The van der Waals surface area contributed by atoms with E-state index in [0.717, 1.165) is 16.1 Å². The van der Waals surface area contributed by atoms with Gasteiger partial charge < -0.3 is 5.32 Å². The van der Waals surface area contributed by atoms with Gasteiger partial charge in [0.05, 0.1) is 16.5 Å².